The number of hydrogen-bond donors (Lipinski definition) is 0. The Balaban J connectivity index is 1.43. The van der Waals surface area contributed by atoms with Gasteiger partial charge in [0.1, 0.15) is 10.6 Å². The van der Waals surface area contributed by atoms with Crippen molar-refractivity contribution in [1.29, 1.82) is 0 Å². The van der Waals surface area contributed by atoms with Crippen LogP contribution in [0.25, 0.3) is 0 Å². The van der Waals surface area contributed by atoms with Crippen molar-refractivity contribution in [1.82, 2.24) is 4.90 Å². The van der Waals surface area contributed by atoms with Crippen LogP contribution in [0.15, 0.2) is 57.8 Å². The average Bonchev–Trinajstić information content (AvgIpc) is 2.93. The fourth-order valence-corrected chi connectivity index (χ4v) is 4.78. The molecule has 0 radical (unpaired) electrons. The van der Waals surface area contributed by atoms with Crippen LogP contribution in [0, 0.1) is 5.92 Å². The molecule has 2 aromatic carbocycles. The Morgan fingerprint density at radius 2 is 1.85 bits per heavy atom. The number of carbonyl (C=O) groups is 1. The van der Waals surface area contributed by atoms with Gasteiger partial charge in [-0.2, -0.15) is 8.42 Å². The highest BCUT2D eigenvalue weighted by molar-refractivity contribution is 7.90. The zero-order valence-corrected chi connectivity index (χ0v) is 15.9. The number of ether oxygens (including phenoxy) is 1. The van der Waals surface area contributed by atoms with Crippen molar-refractivity contribution in [3.63, 3.8) is 0 Å². The highest BCUT2D eigenvalue weighted by Crippen LogP contribution is 2.30. The molecule has 0 bridgehead atoms. The van der Waals surface area contributed by atoms with E-state index in [9.17, 15) is 13.2 Å². The summed E-state index contributed by atoms with van der Waals surface area (Å²) in [6.07, 6.45) is 1.14. The van der Waals surface area contributed by atoms with E-state index in [1.165, 1.54) is 0 Å². The standard InChI is InChI=1S/C19H17ClN2O4S/c20-14-4-3-5-15(12-14)26-19(23)13-8-10-22(11-9-13)18-16-6-1-2-7-17(16)27(24,25)21-18/h1-7,12-13H,8-11H2. The first-order chi connectivity index (χ1) is 12.9. The maximum atomic E-state index is 12.4. The largest absolute Gasteiger partial charge is 0.426 e. The number of fused-ring (bicyclic) bond motifs is 1. The Hall–Kier alpha value is -2.38. The molecule has 0 aliphatic carbocycles. The Bertz CT molecular complexity index is 1030. The van der Waals surface area contributed by atoms with Gasteiger partial charge in [-0.25, -0.2) is 0 Å². The van der Waals surface area contributed by atoms with E-state index in [0.717, 1.165) is 0 Å². The predicted molar refractivity (Wildman–Crippen MR) is 102 cm³/mol. The van der Waals surface area contributed by atoms with Crippen LogP contribution >= 0.6 is 11.6 Å². The minimum absolute atomic E-state index is 0.238. The topological polar surface area (TPSA) is 76.0 Å². The fraction of sp³-hybridized carbons (Fsp3) is 0.263. The van der Waals surface area contributed by atoms with Crippen molar-refractivity contribution in [3.05, 3.63) is 59.1 Å². The third-order valence-corrected chi connectivity index (χ3v) is 6.32. The molecular formula is C19H17ClN2O4S. The van der Waals surface area contributed by atoms with Crippen LogP contribution in [0.4, 0.5) is 0 Å². The Morgan fingerprint density at radius 1 is 1.11 bits per heavy atom. The van der Waals surface area contributed by atoms with Gasteiger partial charge in [-0.05, 0) is 43.2 Å². The summed E-state index contributed by atoms with van der Waals surface area (Å²) in [5.41, 5.74) is 0.623. The van der Waals surface area contributed by atoms with Gasteiger partial charge in [-0.1, -0.05) is 29.8 Å². The van der Waals surface area contributed by atoms with Gasteiger partial charge in [0.15, 0.2) is 5.84 Å². The second-order valence-corrected chi connectivity index (χ2v) is 8.53. The third kappa shape index (κ3) is 3.57. The highest BCUT2D eigenvalue weighted by atomic mass is 35.5. The van der Waals surface area contributed by atoms with Crippen molar-refractivity contribution in [2.75, 3.05) is 13.1 Å². The second-order valence-electron chi connectivity index (χ2n) is 6.53. The summed E-state index contributed by atoms with van der Waals surface area (Å²) in [6.45, 7) is 1.08. The lowest BCUT2D eigenvalue weighted by atomic mass is 9.96. The minimum Gasteiger partial charge on any atom is -0.426 e. The number of halogens is 1. The van der Waals surface area contributed by atoms with Crippen LogP contribution < -0.4 is 4.74 Å². The smallest absolute Gasteiger partial charge is 0.314 e. The summed E-state index contributed by atoms with van der Waals surface area (Å²) in [4.78, 5) is 14.6. The van der Waals surface area contributed by atoms with Gasteiger partial charge < -0.3 is 9.64 Å². The van der Waals surface area contributed by atoms with Crippen LogP contribution in [0.5, 0.6) is 5.75 Å². The van der Waals surface area contributed by atoms with Crippen molar-refractivity contribution in [2.45, 2.75) is 17.7 Å². The third-order valence-electron chi connectivity index (χ3n) is 4.75. The number of nitrogens with zero attached hydrogens (tertiary/aromatic N) is 2. The van der Waals surface area contributed by atoms with Gasteiger partial charge in [0, 0.05) is 23.7 Å². The van der Waals surface area contributed by atoms with Gasteiger partial charge >= 0.3 is 5.97 Å². The summed E-state index contributed by atoms with van der Waals surface area (Å²) in [5.74, 6) is 0.356. The highest BCUT2D eigenvalue weighted by Gasteiger charge is 2.34. The molecule has 140 valence electrons. The van der Waals surface area contributed by atoms with Crippen molar-refractivity contribution >= 4 is 33.4 Å². The maximum absolute atomic E-state index is 12.4. The SMILES string of the molecule is O=C(Oc1cccc(Cl)c1)C1CCN(C2=NS(=O)(=O)c3ccccc32)CC1. The Morgan fingerprint density at radius 3 is 2.59 bits per heavy atom. The van der Waals surface area contributed by atoms with E-state index in [-0.39, 0.29) is 16.8 Å². The van der Waals surface area contributed by atoms with E-state index in [2.05, 4.69) is 4.40 Å². The normalized spacial score (nSPS) is 18.7. The molecule has 2 aromatic rings. The Labute approximate surface area is 162 Å². The average molecular weight is 405 g/mol. The molecule has 2 heterocycles. The molecule has 8 heteroatoms. The second kappa shape index (κ2) is 6.98. The van der Waals surface area contributed by atoms with Gasteiger partial charge in [-0.3, -0.25) is 4.79 Å². The number of rotatable bonds is 2. The fourth-order valence-electron chi connectivity index (χ4n) is 3.37. The van der Waals surface area contributed by atoms with E-state index >= 15 is 0 Å². The lowest BCUT2D eigenvalue weighted by molar-refractivity contribution is -0.140. The molecule has 1 saturated heterocycles. The number of benzene rings is 2. The summed E-state index contributed by atoms with van der Waals surface area (Å²) < 4.78 is 33.8. The van der Waals surface area contributed by atoms with Crippen LogP contribution in [-0.4, -0.2) is 38.2 Å². The number of hydrogen-bond acceptors (Lipinski definition) is 5. The molecule has 0 amide bonds. The van der Waals surface area contributed by atoms with E-state index in [1.807, 2.05) is 4.90 Å². The zero-order chi connectivity index (χ0) is 19.0. The van der Waals surface area contributed by atoms with Gasteiger partial charge in [0.25, 0.3) is 10.0 Å². The van der Waals surface area contributed by atoms with Crippen molar-refractivity contribution in [3.8, 4) is 5.75 Å². The number of carbonyl (C=O) groups excluding carboxylic acids is 1. The lowest BCUT2D eigenvalue weighted by Gasteiger charge is -2.32. The summed E-state index contributed by atoms with van der Waals surface area (Å²) >= 11 is 5.91. The first-order valence-electron chi connectivity index (χ1n) is 8.60. The summed E-state index contributed by atoms with van der Waals surface area (Å²) in [5, 5.41) is 0.509. The molecule has 0 aromatic heterocycles. The van der Waals surface area contributed by atoms with E-state index in [0.29, 0.717) is 48.1 Å². The van der Waals surface area contributed by atoms with E-state index in [4.69, 9.17) is 16.3 Å². The molecule has 0 N–H and O–H groups in total. The molecule has 0 unspecified atom stereocenters. The van der Waals surface area contributed by atoms with Gasteiger partial charge in [-0.15, -0.1) is 4.40 Å². The van der Waals surface area contributed by atoms with E-state index < -0.39 is 10.0 Å². The van der Waals surface area contributed by atoms with Crippen LogP contribution in [0.3, 0.4) is 0 Å². The molecule has 0 atom stereocenters. The summed E-state index contributed by atoms with van der Waals surface area (Å²) in [6, 6.07) is 13.5. The number of likely N-dealkylation sites (tertiary alicyclic amines) is 1. The first-order valence-corrected chi connectivity index (χ1v) is 10.4. The maximum Gasteiger partial charge on any atom is 0.314 e. The van der Waals surface area contributed by atoms with Gasteiger partial charge in [0.05, 0.1) is 5.92 Å². The molecule has 0 saturated carbocycles. The predicted octanol–water partition coefficient (Wildman–Crippen LogP) is 3.11. The number of piperidine rings is 1. The number of amidine groups is 1. The Kier molecular flexibility index (Phi) is 4.65. The molecule has 1 fully saturated rings. The quantitative estimate of drug-likeness (QED) is 0.567. The molecule has 2 aliphatic rings. The van der Waals surface area contributed by atoms with E-state index in [1.54, 1.807) is 48.5 Å². The van der Waals surface area contributed by atoms with Crippen LogP contribution in [0.2, 0.25) is 5.02 Å². The van der Waals surface area contributed by atoms with Gasteiger partial charge in [0.2, 0.25) is 0 Å². The molecule has 27 heavy (non-hydrogen) atoms. The molecular weight excluding hydrogens is 388 g/mol. The summed E-state index contributed by atoms with van der Waals surface area (Å²) in [7, 11) is -3.64. The molecule has 0 spiro atoms. The number of sulfonamides is 1. The molecule has 6 nitrogen and oxygen atoms in total. The van der Waals surface area contributed by atoms with Crippen LogP contribution in [0.1, 0.15) is 18.4 Å². The van der Waals surface area contributed by atoms with Crippen molar-refractivity contribution in [2.24, 2.45) is 10.3 Å². The van der Waals surface area contributed by atoms with Crippen molar-refractivity contribution < 1.29 is 17.9 Å². The zero-order valence-electron chi connectivity index (χ0n) is 14.3. The van der Waals surface area contributed by atoms with Crippen LogP contribution in [-0.2, 0) is 14.8 Å². The molecule has 2 aliphatic heterocycles. The number of esters is 1. The minimum atomic E-state index is -3.64. The lowest BCUT2D eigenvalue weighted by Crippen LogP contribution is -2.41. The molecule has 4 rings (SSSR count). The first kappa shape index (κ1) is 18.0. The monoisotopic (exact) mass is 404 g/mol.